The Balaban J connectivity index is 1.42. The van der Waals surface area contributed by atoms with Gasteiger partial charge in [-0.25, -0.2) is 0 Å². The molecule has 0 saturated carbocycles. The molecule has 1 aliphatic heterocycles. The quantitative estimate of drug-likeness (QED) is 0.364. The molecule has 1 N–H and O–H groups in total. The third-order valence-corrected chi connectivity index (χ3v) is 6.86. The van der Waals surface area contributed by atoms with Gasteiger partial charge in [0.2, 0.25) is 11.7 Å². The summed E-state index contributed by atoms with van der Waals surface area (Å²) in [6.45, 7) is 2.75. The van der Waals surface area contributed by atoms with Gasteiger partial charge in [-0.2, -0.15) is 13.2 Å². The van der Waals surface area contributed by atoms with Crippen LogP contribution in [0.2, 0.25) is 0 Å². The van der Waals surface area contributed by atoms with Gasteiger partial charge in [-0.3, -0.25) is 14.4 Å². The fraction of sp³-hybridized carbons (Fsp3) is 0.240. The highest BCUT2D eigenvalue weighted by atomic mass is 32.2. The molecule has 1 aliphatic rings. The number of fused-ring (bicyclic) bond motifs is 1. The van der Waals surface area contributed by atoms with E-state index in [2.05, 4.69) is 5.32 Å². The van der Waals surface area contributed by atoms with Crippen LogP contribution in [0.15, 0.2) is 59.5 Å². The summed E-state index contributed by atoms with van der Waals surface area (Å²) in [7, 11) is 0. The van der Waals surface area contributed by atoms with Crippen molar-refractivity contribution in [2.45, 2.75) is 36.6 Å². The Labute approximate surface area is 203 Å². The molecule has 0 radical (unpaired) electrons. The number of alkyl halides is 3. The highest BCUT2D eigenvalue weighted by Gasteiger charge is 2.31. The summed E-state index contributed by atoms with van der Waals surface area (Å²) in [6, 6.07) is 13.6. The normalized spacial score (nSPS) is 15.3. The highest BCUT2D eigenvalue weighted by Crippen LogP contribution is 2.36. The van der Waals surface area contributed by atoms with Gasteiger partial charge in [0.1, 0.15) is 0 Å². The van der Waals surface area contributed by atoms with Gasteiger partial charge in [0, 0.05) is 27.5 Å². The van der Waals surface area contributed by atoms with E-state index in [0.29, 0.717) is 17.1 Å². The largest absolute Gasteiger partial charge is 0.457 e. The average molecular weight is 503 g/mol. The molecule has 4 rings (SSSR count). The van der Waals surface area contributed by atoms with Crippen LogP contribution in [0.1, 0.15) is 33.7 Å². The second kappa shape index (κ2) is 9.61. The summed E-state index contributed by atoms with van der Waals surface area (Å²) >= 11 is 1.25. The number of aryl methyl sites for hydroxylation is 1. The van der Waals surface area contributed by atoms with Crippen LogP contribution in [0.5, 0.6) is 0 Å². The predicted octanol–water partition coefficient (Wildman–Crippen LogP) is 5.34. The van der Waals surface area contributed by atoms with Gasteiger partial charge < -0.3 is 14.6 Å². The van der Waals surface area contributed by atoms with Crippen molar-refractivity contribution in [2.24, 2.45) is 0 Å². The number of hydrogen-bond donors (Lipinski definition) is 1. The van der Waals surface area contributed by atoms with Gasteiger partial charge in [0.15, 0.2) is 6.61 Å². The van der Waals surface area contributed by atoms with Crippen molar-refractivity contribution in [1.29, 1.82) is 0 Å². The summed E-state index contributed by atoms with van der Waals surface area (Å²) in [5, 5.41) is 2.06. The lowest BCUT2D eigenvalue weighted by molar-refractivity contribution is -0.143. The molecule has 10 heteroatoms. The van der Waals surface area contributed by atoms with Crippen LogP contribution in [0.4, 0.5) is 18.9 Å². The molecule has 1 amide bonds. The Morgan fingerprint density at radius 2 is 1.83 bits per heavy atom. The van der Waals surface area contributed by atoms with E-state index < -0.39 is 35.3 Å². The second-order valence-electron chi connectivity index (χ2n) is 8.05. The molecule has 182 valence electrons. The number of para-hydroxylation sites is 1. The molecule has 35 heavy (non-hydrogen) atoms. The van der Waals surface area contributed by atoms with Gasteiger partial charge >= 0.3 is 12.1 Å². The van der Waals surface area contributed by atoms with E-state index in [-0.39, 0.29) is 23.6 Å². The summed E-state index contributed by atoms with van der Waals surface area (Å²) in [5.41, 5.74) is 1.39. The van der Waals surface area contributed by atoms with Crippen molar-refractivity contribution < 1.29 is 32.3 Å². The number of hydrogen-bond acceptors (Lipinski definition) is 5. The van der Waals surface area contributed by atoms with Gasteiger partial charge in [-0.1, -0.05) is 18.2 Å². The molecule has 3 aromatic rings. The molecule has 0 fully saturated rings. The average Bonchev–Trinajstić information content (AvgIpc) is 3.11. The number of ether oxygens (including phenoxy) is 1. The molecule has 6 nitrogen and oxygen atoms in total. The van der Waals surface area contributed by atoms with E-state index in [1.807, 2.05) is 12.1 Å². The van der Waals surface area contributed by atoms with Crippen LogP contribution in [0, 0.1) is 13.8 Å². The minimum absolute atomic E-state index is 0.207. The SMILES string of the molecule is Cc1cc(C(=O)COC(=O)C[C@H]2Sc3ccccc3NC2=O)c(C)n1-c1cccc(C(F)(F)F)c1. The summed E-state index contributed by atoms with van der Waals surface area (Å²) in [6.07, 6.45) is -4.70. The van der Waals surface area contributed by atoms with Crippen molar-refractivity contribution in [1.82, 2.24) is 4.57 Å². The molecule has 1 atom stereocenters. The molecule has 0 saturated heterocycles. The van der Waals surface area contributed by atoms with Crippen molar-refractivity contribution in [3.8, 4) is 5.69 Å². The number of amides is 1. The first-order chi connectivity index (χ1) is 16.5. The maximum atomic E-state index is 13.1. The zero-order chi connectivity index (χ0) is 25.3. The maximum Gasteiger partial charge on any atom is 0.416 e. The Morgan fingerprint density at radius 3 is 2.57 bits per heavy atom. The van der Waals surface area contributed by atoms with Gasteiger partial charge in [0.25, 0.3) is 0 Å². The lowest BCUT2D eigenvalue weighted by Gasteiger charge is -2.23. The number of rotatable bonds is 6. The number of carbonyl (C=O) groups is 3. The predicted molar refractivity (Wildman–Crippen MR) is 125 cm³/mol. The molecule has 0 unspecified atom stereocenters. The summed E-state index contributed by atoms with van der Waals surface area (Å²) < 4.78 is 46.0. The number of halogens is 3. The van der Waals surface area contributed by atoms with Crippen LogP contribution in [-0.2, 0) is 20.5 Å². The zero-order valence-electron chi connectivity index (χ0n) is 18.8. The smallest absolute Gasteiger partial charge is 0.416 e. The third-order valence-electron chi connectivity index (χ3n) is 5.59. The molecule has 2 heterocycles. The van der Waals surface area contributed by atoms with Gasteiger partial charge in [0.05, 0.1) is 22.9 Å². The number of Topliss-reactive ketones (excluding diaryl/α,β-unsaturated/α-hetero) is 1. The minimum Gasteiger partial charge on any atom is -0.457 e. The first-order valence-electron chi connectivity index (χ1n) is 10.7. The Hall–Kier alpha value is -3.53. The van der Waals surface area contributed by atoms with Crippen molar-refractivity contribution in [3.63, 3.8) is 0 Å². The van der Waals surface area contributed by atoms with Crippen LogP contribution < -0.4 is 5.32 Å². The van der Waals surface area contributed by atoms with Crippen LogP contribution in [-0.4, -0.2) is 34.1 Å². The molecule has 0 bridgehead atoms. The molecule has 2 aromatic carbocycles. The number of esters is 1. The number of nitrogens with one attached hydrogen (secondary N) is 1. The number of aromatic nitrogens is 1. The first-order valence-corrected chi connectivity index (χ1v) is 11.5. The molecule has 1 aromatic heterocycles. The number of carbonyl (C=O) groups excluding carboxylic acids is 3. The second-order valence-corrected chi connectivity index (χ2v) is 9.29. The van der Waals surface area contributed by atoms with Crippen LogP contribution >= 0.6 is 11.8 Å². The fourth-order valence-corrected chi connectivity index (χ4v) is 5.02. The third kappa shape index (κ3) is 5.27. The Bertz CT molecular complexity index is 1320. The van der Waals surface area contributed by atoms with E-state index in [1.165, 1.54) is 23.9 Å². The molecular formula is C25H21F3N2O4S. The molecule has 0 spiro atoms. The number of nitrogens with zero attached hydrogens (tertiary/aromatic N) is 1. The zero-order valence-corrected chi connectivity index (χ0v) is 19.6. The first kappa shape index (κ1) is 24.6. The van der Waals surface area contributed by atoms with E-state index >= 15 is 0 Å². The highest BCUT2D eigenvalue weighted by molar-refractivity contribution is 8.01. The van der Waals surface area contributed by atoms with Gasteiger partial charge in [-0.15, -0.1) is 11.8 Å². The minimum atomic E-state index is -4.49. The fourth-order valence-electron chi connectivity index (χ4n) is 3.92. The maximum absolute atomic E-state index is 13.1. The van der Waals surface area contributed by atoms with Gasteiger partial charge in [-0.05, 0) is 50.2 Å². The number of thioether (sulfide) groups is 1. The summed E-state index contributed by atoms with van der Waals surface area (Å²) in [5.74, 6) is -1.51. The Kier molecular flexibility index (Phi) is 6.75. The van der Waals surface area contributed by atoms with Crippen molar-refractivity contribution in [3.05, 3.63) is 77.1 Å². The van der Waals surface area contributed by atoms with Crippen molar-refractivity contribution >= 4 is 35.1 Å². The van der Waals surface area contributed by atoms with E-state index in [1.54, 1.807) is 36.6 Å². The molecule has 0 aliphatic carbocycles. The standard InChI is InChI=1S/C25H21F3N2O4S/c1-14-10-18(15(2)30(14)17-7-5-6-16(11-17)25(26,27)28)20(31)13-34-23(32)12-22-24(33)29-19-8-3-4-9-21(19)35-22/h3-11,22H,12-13H2,1-2H3,(H,29,33)/t22-/m1/s1. The van der Waals surface area contributed by atoms with E-state index in [0.717, 1.165) is 17.0 Å². The molecular weight excluding hydrogens is 481 g/mol. The Morgan fingerprint density at radius 1 is 1.09 bits per heavy atom. The van der Waals surface area contributed by atoms with E-state index in [9.17, 15) is 27.6 Å². The monoisotopic (exact) mass is 502 g/mol. The van der Waals surface area contributed by atoms with Crippen LogP contribution in [0.3, 0.4) is 0 Å². The lowest BCUT2D eigenvalue weighted by atomic mass is 10.1. The van der Waals surface area contributed by atoms with Crippen molar-refractivity contribution in [2.75, 3.05) is 11.9 Å². The lowest BCUT2D eigenvalue weighted by Crippen LogP contribution is -2.31. The number of benzene rings is 2. The van der Waals surface area contributed by atoms with E-state index in [4.69, 9.17) is 4.74 Å². The topological polar surface area (TPSA) is 77.4 Å². The summed E-state index contributed by atoms with van der Waals surface area (Å²) in [4.78, 5) is 38.2. The number of ketones is 1. The number of anilines is 1. The van der Waals surface area contributed by atoms with Crippen LogP contribution in [0.25, 0.3) is 5.69 Å².